The van der Waals surface area contributed by atoms with Crippen molar-refractivity contribution >= 4 is 24.3 Å². The lowest BCUT2D eigenvalue weighted by Gasteiger charge is -2.35. The number of halogens is 1. The molecule has 24 heavy (non-hydrogen) atoms. The van der Waals surface area contributed by atoms with Gasteiger partial charge in [-0.05, 0) is 31.5 Å². The fraction of sp³-hybridized carbons (Fsp3) is 0.625. The predicted octanol–water partition coefficient (Wildman–Crippen LogP) is 1.04. The Bertz CT molecular complexity index is 535. The van der Waals surface area contributed by atoms with Crippen molar-refractivity contribution in [3.8, 4) is 0 Å². The van der Waals surface area contributed by atoms with Gasteiger partial charge < -0.3 is 20.8 Å². The normalized spacial score (nSPS) is 17.8. The summed E-state index contributed by atoms with van der Waals surface area (Å²) < 4.78 is 4.71. The molecule has 0 radical (unpaired) electrons. The van der Waals surface area contributed by atoms with Crippen LogP contribution in [0.1, 0.15) is 41.9 Å². The first-order valence-electron chi connectivity index (χ1n) is 8.11. The molecule has 0 aromatic carbocycles. The van der Waals surface area contributed by atoms with Gasteiger partial charge in [-0.15, -0.1) is 12.4 Å². The quantitative estimate of drug-likeness (QED) is 0.632. The Labute approximate surface area is 148 Å². The average Bonchev–Trinajstić information content (AvgIpc) is 3.02. The maximum absolute atomic E-state index is 11.6. The van der Waals surface area contributed by atoms with Crippen molar-refractivity contribution in [1.29, 1.82) is 0 Å². The van der Waals surface area contributed by atoms with Crippen LogP contribution in [0.25, 0.3) is 0 Å². The minimum Gasteiger partial charge on any atom is -0.464 e. The number of carbonyl (C=O) groups excluding carboxylic acids is 2. The van der Waals surface area contributed by atoms with Crippen LogP contribution in [-0.2, 0) is 16.1 Å². The number of hydrogen-bond donors (Lipinski definition) is 3. The first kappa shape index (κ1) is 20.5. The third-order valence-corrected chi connectivity index (χ3v) is 4.18. The molecule has 1 atom stereocenters. The first-order chi connectivity index (χ1) is 11.1. The van der Waals surface area contributed by atoms with Gasteiger partial charge in [-0.25, -0.2) is 4.79 Å². The SMILES string of the molecule is COC(=O)c1ccc(CN2CCCCC2CNC(=O)CCN)[nH]1.Cl. The summed E-state index contributed by atoms with van der Waals surface area (Å²) in [4.78, 5) is 28.5. The van der Waals surface area contributed by atoms with Crippen LogP contribution in [0.5, 0.6) is 0 Å². The Hall–Kier alpha value is -1.57. The van der Waals surface area contributed by atoms with Crippen molar-refractivity contribution in [2.75, 3.05) is 26.7 Å². The van der Waals surface area contributed by atoms with Crippen molar-refractivity contribution in [2.45, 2.75) is 38.3 Å². The topological polar surface area (TPSA) is 100 Å². The monoisotopic (exact) mass is 358 g/mol. The highest BCUT2D eigenvalue weighted by atomic mass is 35.5. The van der Waals surface area contributed by atoms with Crippen LogP contribution >= 0.6 is 12.4 Å². The van der Waals surface area contributed by atoms with Gasteiger partial charge in [0.05, 0.1) is 7.11 Å². The van der Waals surface area contributed by atoms with E-state index in [1.807, 2.05) is 6.07 Å². The molecule has 1 aliphatic rings. The van der Waals surface area contributed by atoms with E-state index in [1.165, 1.54) is 13.5 Å². The van der Waals surface area contributed by atoms with E-state index in [2.05, 4.69) is 15.2 Å². The molecule has 7 nitrogen and oxygen atoms in total. The Kier molecular flexibility index (Phi) is 8.81. The van der Waals surface area contributed by atoms with Crippen LogP contribution in [0.15, 0.2) is 12.1 Å². The van der Waals surface area contributed by atoms with E-state index >= 15 is 0 Å². The number of likely N-dealkylation sites (tertiary alicyclic amines) is 1. The van der Waals surface area contributed by atoms with Gasteiger partial charge in [0.25, 0.3) is 0 Å². The van der Waals surface area contributed by atoms with Crippen LogP contribution in [0.3, 0.4) is 0 Å². The maximum Gasteiger partial charge on any atom is 0.354 e. The van der Waals surface area contributed by atoms with E-state index in [1.54, 1.807) is 6.07 Å². The molecule has 136 valence electrons. The Morgan fingerprint density at radius 2 is 2.21 bits per heavy atom. The van der Waals surface area contributed by atoms with Crippen LogP contribution < -0.4 is 11.1 Å². The largest absolute Gasteiger partial charge is 0.464 e. The summed E-state index contributed by atoms with van der Waals surface area (Å²) in [5, 5.41) is 2.96. The first-order valence-corrected chi connectivity index (χ1v) is 8.11. The fourth-order valence-electron chi connectivity index (χ4n) is 2.93. The van der Waals surface area contributed by atoms with E-state index in [0.29, 0.717) is 31.2 Å². The minimum absolute atomic E-state index is 0. The summed E-state index contributed by atoms with van der Waals surface area (Å²) >= 11 is 0. The molecule has 1 saturated heterocycles. The van der Waals surface area contributed by atoms with E-state index in [0.717, 1.165) is 31.6 Å². The lowest BCUT2D eigenvalue weighted by atomic mass is 10.0. The second kappa shape index (κ2) is 10.3. The van der Waals surface area contributed by atoms with Crippen molar-refractivity contribution in [3.63, 3.8) is 0 Å². The molecule has 0 saturated carbocycles. The molecule has 2 heterocycles. The third-order valence-electron chi connectivity index (χ3n) is 4.18. The molecule has 0 aliphatic carbocycles. The highest BCUT2D eigenvalue weighted by Gasteiger charge is 2.23. The second-order valence-corrected chi connectivity index (χ2v) is 5.85. The van der Waals surface area contributed by atoms with E-state index in [-0.39, 0.29) is 24.3 Å². The van der Waals surface area contributed by atoms with Gasteiger partial charge in [0.15, 0.2) is 0 Å². The van der Waals surface area contributed by atoms with Gasteiger partial charge in [0.1, 0.15) is 5.69 Å². The number of H-pyrrole nitrogens is 1. The van der Waals surface area contributed by atoms with Gasteiger partial charge in [0.2, 0.25) is 5.91 Å². The van der Waals surface area contributed by atoms with Gasteiger partial charge in [-0.1, -0.05) is 6.42 Å². The number of rotatable bonds is 7. The highest BCUT2D eigenvalue weighted by Crippen LogP contribution is 2.19. The molecular weight excluding hydrogens is 332 g/mol. The number of carbonyl (C=O) groups is 2. The van der Waals surface area contributed by atoms with Crippen molar-refractivity contribution < 1.29 is 14.3 Å². The zero-order valence-corrected chi connectivity index (χ0v) is 14.9. The number of hydrogen-bond acceptors (Lipinski definition) is 5. The van der Waals surface area contributed by atoms with Crippen molar-refractivity contribution in [1.82, 2.24) is 15.2 Å². The third kappa shape index (κ3) is 5.81. The molecule has 1 amide bonds. The molecule has 8 heteroatoms. The van der Waals surface area contributed by atoms with Crippen LogP contribution in [-0.4, -0.2) is 54.5 Å². The molecule has 2 rings (SSSR count). The molecule has 1 unspecified atom stereocenters. The van der Waals surface area contributed by atoms with Crippen LogP contribution in [0, 0.1) is 0 Å². The Balaban J connectivity index is 0.00000288. The molecule has 0 spiro atoms. The molecule has 4 N–H and O–H groups in total. The van der Waals surface area contributed by atoms with Gasteiger partial charge in [-0.2, -0.15) is 0 Å². The standard InChI is InChI=1S/C16H26N4O3.ClH/c1-23-16(22)14-6-5-12(19-14)11-20-9-3-2-4-13(20)10-18-15(21)7-8-17;/h5-6,13,19H,2-4,7-11,17H2,1H3,(H,18,21);1H. The van der Waals surface area contributed by atoms with Crippen LogP contribution in [0.4, 0.5) is 0 Å². The summed E-state index contributed by atoms with van der Waals surface area (Å²) in [6.07, 6.45) is 3.75. The Morgan fingerprint density at radius 3 is 2.92 bits per heavy atom. The average molecular weight is 359 g/mol. The molecule has 1 aromatic rings. The van der Waals surface area contributed by atoms with Crippen molar-refractivity contribution in [3.05, 3.63) is 23.5 Å². The maximum atomic E-state index is 11.6. The Morgan fingerprint density at radius 1 is 1.42 bits per heavy atom. The van der Waals surface area contributed by atoms with E-state index < -0.39 is 0 Å². The van der Waals surface area contributed by atoms with Gasteiger partial charge >= 0.3 is 5.97 Å². The van der Waals surface area contributed by atoms with Gasteiger partial charge in [-0.3, -0.25) is 9.69 Å². The van der Waals surface area contributed by atoms with E-state index in [4.69, 9.17) is 10.5 Å². The summed E-state index contributed by atoms with van der Waals surface area (Å²) in [7, 11) is 1.37. The molecule has 1 fully saturated rings. The molecule has 0 bridgehead atoms. The summed E-state index contributed by atoms with van der Waals surface area (Å²) in [6.45, 7) is 2.74. The smallest absolute Gasteiger partial charge is 0.354 e. The zero-order valence-electron chi connectivity index (χ0n) is 14.0. The number of piperidine rings is 1. The number of amides is 1. The number of ether oxygens (including phenoxy) is 1. The highest BCUT2D eigenvalue weighted by molar-refractivity contribution is 5.87. The number of aromatic amines is 1. The summed E-state index contributed by atoms with van der Waals surface area (Å²) in [6, 6.07) is 3.96. The van der Waals surface area contributed by atoms with Crippen molar-refractivity contribution in [2.24, 2.45) is 5.73 Å². The number of methoxy groups -OCH3 is 1. The van der Waals surface area contributed by atoms with Gasteiger partial charge in [0, 0.05) is 37.8 Å². The summed E-state index contributed by atoms with van der Waals surface area (Å²) in [5.74, 6) is -0.355. The zero-order chi connectivity index (χ0) is 16.7. The molecule has 1 aliphatic heterocycles. The fourth-order valence-corrected chi connectivity index (χ4v) is 2.93. The number of esters is 1. The molecular formula is C16H27ClN4O3. The lowest BCUT2D eigenvalue weighted by molar-refractivity contribution is -0.121. The number of nitrogens with zero attached hydrogens (tertiary/aromatic N) is 1. The number of nitrogens with two attached hydrogens (primary N) is 1. The lowest BCUT2D eigenvalue weighted by Crippen LogP contribution is -2.46. The summed E-state index contributed by atoms with van der Waals surface area (Å²) in [5.41, 5.74) is 6.84. The molecule has 1 aromatic heterocycles. The minimum atomic E-state index is -0.361. The number of nitrogens with one attached hydrogen (secondary N) is 2. The number of aromatic nitrogens is 1. The second-order valence-electron chi connectivity index (χ2n) is 5.85. The predicted molar refractivity (Wildman–Crippen MR) is 94.1 cm³/mol. The van der Waals surface area contributed by atoms with E-state index in [9.17, 15) is 9.59 Å². The van der Waals surface area contributed by atoms with Crippen LogP contribution in [0.2, 0.25) is 0 Å².